The van der Waals surface area contributed by atoms with Crippen LogP contribution in [0.15, 0.2) is 0 Å². The Labute approximate surface area is 172 Å². The molecule has 0 saturated carbocycles. The van der Waals surface area contributed by atoms with E-state index in [0.717, 1.165) is 6.42 Å². The number of carbonyl (C=O) groups is 4. The van der Waals surface area contributed by atoms with Crippen molar-refractivity contribution >= 4 is 36.3 Å². The van der Waals surface area contributed by atoms with E-state index in [1.54, 1.807) is 0 Å². The van der Waals surface area contributed by atoms with Crippen LogP contribution in [0, 0.1) is 11.8 Å². The summed E-state index contributed by atoms with van der Waals surface area (Å²) < 4.78 is 0. The minimum absolute atomic E-state index is 0.0380. The molecule has 0 aliphatic carbocycles. The molecular weight excluding hydrogens is 384 g/mol. The summed E-state index contributed by atoms with van der Waals surface area (Å²) in [6.07, 6.45) is 1.03. The summed E-state index contributed by atoms with van der Waals surface area (Å²) in [6, 6.07) is -3.73. The SMILES string of the molecule is CCC(C)C(N)C(=O)NC(C)C(=O)NC(CC(C)C)C(=O)NC(CS)C(=O)O. The number of rotatable bonds is 12. The Hall–Kier alpha value is -1.81. The molecule has 5 unspecified atom stereocenters. The third kappa shape index (κ3) is 8.92. The average Bonchev–Trinajstić information content (AvgIpc) is 2.62. The van der Waals surface area contributed by atoms with Crippen LogP contribution < -0.4 is 21.7 Å². The van der Waals surface area contributed by atoms with Gasteiger partial charge in [-0.1, -0.05) is 34.1 Å². The van der Waals surface area contributed by atoms with Gasteiger partial charge in [0.15, 0.2) is 0 Å². The van der Waals surface area contributed by atoms with Gasteiger partial charge < -0.3 is 26.8 Å². The molecule has 0 radical (unpaired) electrons. The van der Waals surface area contributed by atoms with E-state index in [1.807, 2.05) is 27.7 Å². The molecule has 0 aromatic rings. The standard InChI is InChI=1S/C18H34N4O5S/c1-6-10(4)14(19)17(25)20-11(5)15(23)21-12(7-9(2)3)16(24)22-13(8-28)18(26)27/h9-14,28H,6-8,19H2,1-5H3,(H,20,25)(H,21,23)(H,22,24)(H,26,27). The molecule has 28 heavy (non-hydrogen) atoms. The van der Waals surface area contributed by atoms with Crippen LogP contribution in [-0.4, -0.2) is 58.7 Å². The van der Waals surface area contributed by atoms with Crippen LogP contribution >= 0.6 is 12.6 Å². The lowest BCUT2D eigenvalue weighted by atomic mass is 9.99. The van der Waals surface area contributed by atoms with Crippen molar-refractivity contribution in [3.8, 4) is 0 Å². The molecule has 162 valence electrons. The number of hydrogen-bond acceptors (Lipinski definition) is 6. The Morgan fingerprint density at radius 3 is 1.89 bits per heavy atom. The van der Waals surface area contributed by atoms with Crippen molar-refractivity contribution in [1.29, 1.82) is 0 Å². The summed E-state index contributed by atoms with van der Waals surface area (Å²) in [5.41, 5.74) is 5.86. The van der Waals surface area contributed by atoms with Crippen molar-refractivity contribution in [2.24, 2.45) is 17.6 Å². The molecule has 0 heterocycles. The number of nitrogens with one attached hydrogen (secondary N) is 3. The number of carboxylic acids is 1. The van der Waals surface area contributed by atoms with Crippen molar-refractivity contribution in [3.63, 3.8) is 0 Å². The second-order valence-electron chi connectivity index (χ2n) is 7.41. The largest absolute Gasteiger partial charge is 0.480 e. The molecule has 10 heteroatoms. The van der Waals surface area contributed by atoms with Crippen LogP contribution in [0.25, 0.3) is 0 Å². The molecule has 0 fully saturated rings. The summed E-state index contributed by atoms with van der Waals surface area (Å²) in [7, 11) is 0. The second kappa shape index (κ2) is 12.6. The van der Waals surface area contributed by atoms with E-state index in [-0.39, 0.29) is 17.6 Å². The highest BCUT2D eigenvalue weighted by Crippen LogP contribution is 2.07. The summed E-state index contributed by atoms with van der Waals surface area (Å²) in [5, 5.41) is 16.6. The van der Waals surface area contributed by atoms with Crippen LogP contribution in [0.3, 0.4) is 0 Å². The van der Waals surface area contributed by atoms with Crippen molar-refractivity contribution in [2.75, 3.05) is 5.75 Å². The maximum absolute atomic E-state index is 12.4. The maximum atomic E-state index is 12.4. The fourth-order valence-electron chi connectivity index (χ4n) is 2.34. The Kier molecular flexibility index (Phi) is 11.8. The van der Waals surface area contributed by atoms with Gasteiger partial charge in [0.05, 0.1) is 6.04 Å². The molecule has 6 N–H and O–H groups in total. The summed E-state index contributed by atoms with van der Waals surface area (Å²) in [5.74, 6) is -2.87. The molecule has 0 aliphatic heterocycles. The molecule has 0 aliphatic rings. The summed E-state index contributed by atoms with van der Waals surface area (Å²) in [4.78, 5) is 48.1. The minimum atomic E-state index is -1.21. The van der Waals surface area contributed by atoms with Crippen LogP contribution in [0.4, 0.5) is 0 Å². The third-order valence-corrected chi connectivity index (χ3v) is 4.81. The number of thiol groups is 1. The summed E-state index contributed by atoms with van der Waals surface area (Å²) >= 11 is 3.91. The highest BCUT2D eigenvalue weighted by molar-refractivity contribution is 7.80. The molecule has 3 amide bonds. The van der Waals surface area contributed by atoms with Crippen molar-refractivity contribution < 1.29 is 24.3 Å². The smallest absolute Gasteiger partial charge is 0.327 e. The fourth-order valence-corrected chi connectivity index (χ4v) is 2.59. The van der Waals surface area contributed by atoms with Gasteiger partial charge in [-0.05, 0) is 25.2 Å². The second-order valence-corrected chi connectivity index (χ2v) is 7.78. The number of aliphatic carboxylic acids is 1. The van der Waals surface area contributed by atoms with Gasteiger partial charge in [-0.25, -0.2) is 4.79 Å². The Balaban J connectivity index is 5.02. The first-order valence-corrected chi connectivity index (χ1v) is 10.1. The topological polar surface area (TPSA) is 151 Å². The minimum Gasteiger partial charge on any atom is -0.480 e. The normalized spacial score (nSPS) is 16.4. The summed E-state index contributed by atoms with van der Waals surface area (Å²) in [6.45, 7) is 9.00. The molecule has 0 aromatic carbocycles. The van der Waals surface area contributed by atoms with Crippen LogP contribution in [0.1, 0.15) is 47.5 Å². The average molecular weight is 419 g/mol. The highest BCUT2D eigenvalue weighted by Gasteiger charge is 2.29. The van der Waals surface area contributed by atoms with E-state index >= 15 is 0 Å². The highest BCUT2D eigenvalue weighted by atomic mass is 32.1. The third-order valence-electron chi connectivity index (χ3n) is 4.45. The van der Waals surface area contributed by atoms with Gasteiger partial charge in [-0.15, -0.1) is 0 Å². The van der Waals surface area contributed by atoms with E-state index in [9.17, 15) is 19.2 Å². The first-order valence-electron chi connectivity index (χ1n) is 9.44. The first kappa shape index (κ1) is 26.2. The zero-order chi connectivity index (χ0) is 22.0. The monoisotopic (exact) mass is 418 g/mol. The number of hydrogen-bond donors (Lipinski definition) is 6. The van der Waals surface area contributed by atoms with E-state index in [0.29, 0.717) is 6.42 Å². The predicted octanol–water partition coefficient (Wildman–Crippen LogP) is -0.105. The first-order chi connectivity index (χ1) is 12.9. The molecule has 0 saturated heterocycles. The van der Waals surface area contributed by atoms with Gasteiger partial charge >= 0.3 is 5.97 Å². The van der Waals surface area contributed by atoms with Crippen molar-refractivity contribution in [2.45, 2.75) is 71.6 Å². The number of carbonyl (C=O) groups excluding carboxylic acids is 3. The lowest BCUT2D eigenvalue weighted by Gasteiger charge is -2.25. The Morgan fingerprint density at radius 2 is 1.46 bits per heavy atom. The van der Waals surface area contributed by atoms with E-state index in [1.165, 1.54) is 6.92 Å². The molecule has 0 bridgehead atoms. The molecule has 0 rings (SSSR count). The number of carboxylic acid groups (broad SMARTS) is 1. The van der Waals surface area contributed by atoms with Gasteiger partial charge in [-0.3, -0.25) is 14.4 Å². The molecule has 0 aromatic heterocycles. The quantitative estimate of drug-likeness (QED) is 0.244. The molecule has 0 spiro atoms. The maximum Gasteiger partial charge on any atom is 0.327 e. The zero-order valence-corrected chi connectivity index (χ0v) is 18.1. The van der Waals surface area contributed by atoms with E-state index < -0.39 is 47.9 Å². The Morgan fingerprint density at radius 1 is 0.929 bits per heavy atom. The number of nitrogens with two attached hydrogens (primary N) is 1. The fraction of sp³-hybridized carbons (Fsp3) is 0.778. The number of amides is 3. The molecule has 5 atom stereocenters. The van der Waals surface area contributed by atoms with Gasteiger partial charge in [-0.2, -0.15) is 12.6 Å². The van der Waals surface area contributed by atoms with E-state index in [4.69, 9.17) is 10.8 Å². The van der Waals surface area contributed by atoms with Crippen LogP contribution in [0.2, 0.25) is 0 Å². The van der Waals surface area contributed by atoms with Crippen LogP contribution in [-0.2, 0) is 19.2 Å². The predicted molar refractivity (Wildman–Crippen MR) is 110 cm³/mol. The van der Waals surface area contributed by atoms with Crippen LogP contribution in [0.5, 0.6) is 0 Å². The lowest BCUT2D eigenvalue weighted by molar-refractivity contribution is -0.141. The zero-order valence-electron chi connectivity index (χ0n) is 17.2. The van der Waals surface area contributed by atoms with Gasteiger partial charge in [0.25, 0.3) is 0 Å². The van der Waals surface area contributed by atoms with Crippen molar-refractivity contribution in [3.05, 3.63) is 0 Å². The Bertz CT molecular complexity index is 558. The lowest BCUT2D eigenvalue weighted by Crippen LogP contribution is -2.57. The van der Waals surface area contributed by atoms with Crippen molar-refractivity contribution in [1.82, 2.24) is 16.0 Å². The molecule has 9 nitrogen and oxygen atoms in total. The molecular formula is C18H34N4O5S. The van der Waals surface area contributed by atoms with E-state index in [2.05, 4.69) is 28.6 Å². The van der Waals surface area contributed by atoms with Gasteiger partial charge in [0.1, 0.15) is 18.1 Å². The van der Waals surface area contributed by atoms with Gasteiger partial charge in [0.2, 0.25) is 17.7 Å². The van der Waals surface area contributed by atoms with Gasteiger partial charge in [0, 0.05) is 5.75 Å².